The molecule has 6 heteroatoms. The topological polar surface area (TPSA) is 93.4 Å². The monoisotopic (exact) mass is 245 g/mol. The predicted octanol–water partition coefficient (Wildman–Crippen LogP) is 1.06. The summed E-state index contributed by atoms with van der Waals surface area (Å²) in [5, 5.41) is 20.3. The summed E-state index contributed by atoms with van der Waals surface area (Å²) in [6.07, 6.45) is 0.242. The first-order chi connectivity index (χ1) is 8.63. The number of fused-ring (bicyclic) bond motifs is 1. The lowest BCUT2D eigenvalue weighted by molar-refractivity contribution is -0.117. The van der Waals surface area contributed by atoms with Crippen molar-refractivity contribution in [2.45, 2.75) is 6.42 Å². The van der Waals surface area contributed by atoms with Gasteiger partial charge in [0.15, 0.2) is 0 Å². The average molecular weight is 245 g/mol. The Morgan fingerprint density at radius 2 is 2.33 bits per heavy atom. The van der Waals surface area contributed by atoms with Crippen LogP contribution in [0.3, 0.4) is 0 Å². The second kappa shape index (κ2) is 4.75. The number of carboxylic acid groups (broad SMARTS) is 1. The van der Waals surface area contributed by atoms with Crippen molar-refractivity contribution < 1.29 is 14.7 Å². The van der Waals surface area contributed by atoms with Gasteiger partial charge in [-0.1, -0.05) is 0 Å². The SMILES string of the molecule is N#CCCN1C(=O)CNc2cc(C(=O)O)ccc21. The minimum atomic E-state index is -1.01. The van der Waals surface area contributed by atoms with Gasteiger partial charge >= 0.3 is 5.97 Å². The molecule has 0 aliphatic carbocycles. The molecule has 6 nitrogen and oxygen atoms in total. The van der Waals surface area contributed by atoms with E-state index in [1.165, 1.54) is 17.0 Å². The highest BCUT2D eigenvalue weighted by Gasteiger charge is 2.24. The summed E-state index contributed by atoms with van der Waals surface area (Å²) in [5.41, 5.74) is 1.38. The van der Waals surface area contributed by atoms with Crippen molar-refractivity contribution in [1.29, 1.82) is 5.26 Å². The third-order valence-corrected chi connectivity index (χ3v) is 2.71. The van der Waals surface area contributed by atoms with Gasteiger partial charge < -0.3 is 15.3 Å². The quantitative estimate of drug-likeness (QED) is 0.830. The molecule has 0 saturated carbocycles. The van der Waals surface area contributed by atoms with Gasteiger partial charge in [-0.3, -0.25) is 4.79 Å². The van der Waals surface area contributed by atoms with Crippen LogP contribution in [0.2, 0.25) is 0 Å². The van der Waals surface area contributed by atoms with E-state index in [2.05, 4.69) is 5.32 Å². The summed E-state index contributed by atoms with van der Waals surface area (Å²) < 4.78 is 0. The number of nitrogens with zero attached hydrogens (tertiary/aromatic N) is 2. The molecule has 0 aromatic heterocycles. The molecular formula is C12H11N3O3. The summed E-state index contributed by atoms with van der Waals surface area (Å²) in [7, 11) is 0. The molecule has 0 spiro atoms. The third-order valence-electron chi connectivity index (χ3n) is 2.71. The van der Waals surface area contributed by atoms with Gasteiger partial charge in [-0.15, -0.1) is 0 Å². The van der Waals surface area contributed by atoms with E-state index in [4.69, 9.17) is 10.4 Å². The van der Waals surface area contributed by atoms with E-state index >= 15 is 0 Å². The van der Waals surface area contributed by atoms with Gasteiger partial charge in [-0.25, -0.2) is 4.79 Å². The van der Waals surface area contributed by atoms with Crippen molar-refractivity contribution in [1.82, 2.24) is 0 Å². The number of carboxylic acids is 1. The van der Waals surface area contributed by atoms with E-state index in [1.54, 1.807) is 6.07 Å². The number of nitrogens with one attached hydrogen (secondary N) is 1. The number of carbonyl (C=O) groups excluding carboxylic acids is 1. The van der Waals surface area contributed by atoms with Crippen LogP contribution in [0.1, 0.15) is 16.8 Å². The number of carbonyl (C=O) groups is 2. The molecule has 0 radical (unpaired) electrons. The van der Waals surface area contributed by atoms with Gasteiger partial charge in [0.1, 0.15) is 0 Å². The van der Waals surface area contributed by atoms with E-state index < -0.39 is 5.97 Å². The van der Waals surface area contributed by atoms with Gasteiger partial charge in [-0.05, 0) is 18.2 Å². The molecule has 2 N–H and O–H groups in total. The number of nitriles is 1. The number of rotatable bonds is 3. The van der Waals surface area contributed by atoms with Crippen LogP contribution in [0.5, 0.6) is 0 Å². The number of hydrogen-bond acceptors (Lipinski definition) is 4. The summed E-state index contributed by atoms with van der Waals surface area (Å²) in [5.74, 6) is -1.14. The van der Waals surface area contributed by atoms with Crippen molar-refractivity contribution >= 4 is 23.3 Å². The number of amides is 1. The maximum Gasteiger partial charge on any atom is 0.335 e. The van der Waals surface area contributed by atoms with Crippen molar-refractivity contribution in [3.8, 4) is 6.07 Å². The number of hydrogen-bond donors (Lipinski definition) is 2. The van der Waals surface area contributed by atoms with E-state index in [0.717, 1.165) is 0 Å². The predicted molar refractivity (Wildman–Crippen MR) is 64.5 cm³/mol. The Morgan fingerprint density at radius 1 is 1.56 bits per heavy atom. The summed E-state index contributed by atoms with van der Waals surface area (Å²) in [6, 6.07) is 6.51. The molecule has 1 amide bonds. The fourth-order valence-corrected chi connectivity index (χ4v) is 1.85. The normalized spacial score (nSPS) is 13.5. The highest BCUT2D eigenvalue weighted by atomic mass is 16.4. The lowest BCUT2D eigenvalue weighted by Gasteiger charge is -2.29. The summed E-state index contributed by atoms with van der Waals surface area (Å²) in [4.78, 5) is 24.1. The van der Waals surface area contributed by atoms with Gasteiger partial charge in [-0.2, -0.15) is 5.26 Å². The van der Waals surface area contributed by atoms with Crippen LogP contribution in [0.25, 0.3) is 0 Å². The smallest absolute Gasteiger partial charge is 0.335 e. The van der Waals surface area contributed by atoms with Gasteiger partial charge in [0.25, 0.3) is 0 Å². The van der Waals surface area contributed by atoms with Crippen molar-refractivity contribution in [2.24, 2.45) is 0 Å². The van der Waals surface area contributed by atoms with Crippen LogP contribution in [0, 0.1) is 11.3 Å². The largest absolute Gasteiger partial charge is 0.478 e. The highest BCUT2D eigenvalue weighted by molar-refractivity contribution is 6.04. The minimum absolute atomic E-state index is 0.113. The molecule has 1 aliphatic rings. The standard InChI is InChI=1S/C12H11N3O3/c13-4-1-5-15-10-3-2-8(12(17)18)6-9(10)14-7-11(15)16/h2-3,6,14H,1,5,7H2,(H,17,18). The fourth-order valence-electron chi connectivity index (χ4n) is 1.85. The summed E-state index contributed by atoms with van der Waals surface area (Å²) >= 11 is 0. The van der Waals surface area contributed by atoms with Crippen LogP contribution in [-0.4, -0.2) is 30.1 Å². The third kappa shape index (κ3) is 2.11. The van der Waals surface area contributed by atoms with E-state index in [-0.39, 0.29) is 24.4 Å². The maximum atomic E-state index is 11.7. The highest BCUT2D eigenvalue weighted by Crippen LogP contribution is 2.30. The number of anilines is 2. The Hall–Kier alpha value is -2.55. The fraction of sp³-hybridized carbons (Fsp3) is 0.250. The Labute approximate surface area is 103 Å². The Morgan fingerprint density at radius 3 is 3.00 bits per heavy atom. The average Bonchev–Trinajstić information content (AvgIpc) is 2.37. The lowest BCUT2D eigenvalue weighted by Crippen LogP contribution is -2.40. The van der Waals surface area contributed by atoms with Crippen LogP contribution in [-0.2, 0) is 4.79 Å². The molecule has 0 fully saturated rings. The van der Waals surface area contributed by atoms with E-state index in [9.17, 15) is 9.59 Å². The molecule has 18 heavy (non-hydrogen) atoms. The van der Waals surface area contributed by atoms with Crippen molar-refractivity contribution in [2.75, 3.05) is 23.3 Å². The number of aromatic carboxylic acids is 1. The molecule has 1 aromatic carbocycles. The van der Waals surface area contributed by atoms with Crippen molar-refractivity contribution in [3.63, 3.8) is 0 Å². The van der Waals surface area contributed by atoms with Gasteiger partial charge in [0.05, 0.1) is 36.0 Å². The molecule has 0 atom stereocenters. The van der Waals surface area contributed by atoms with Crippen molar-refractivity contribution in [3.05, 3.63) is 23.8 Å². The first-order valence-corrected chi connectivity index (χ1v) is 5.42. The molecule has 1 aromatic rings. The maximum absolute atomic E-state index is 11.7. The number of benzene rings is 1. The van der Waals surface area contributed by atoms with Crippen LogP contribution in [0.4, 0.5) is 11.4 Å². The molecule has 0 saturated heterocycles. The molecule has 0 unspecified atom stereocenters. The van der Waals surface area contributed by atoms with Gasteiger partial charge in [0, 0.05) is 6.54 Å². The Bertz CT molecular complexity index is 548. The van der Waals surface area contributed by atoms with Crippen LogP contribution < -0.4 is 10.2 Å². The zero-order valence-corrected chi connectivity index (χ0v) is 9.51. The zero-order chi connectivity index (χ0) is 13.1. The molecule has 1 heterocycles. The van der Waals surface area contributed by atoms with E-state index in [0.29, 0.717) is 17.9 Å². The zero-order valence-electron chi connectivity index (χ0n) is 9.51. The summed E-state index contributed by atoms with van der Waals surface area (Å²) in [6.45, 7) is 0.429. The van der Waals surface area contributed by atoms with E-state index in [1.807, 2.05) is 6.07 Å². The molecule has 0 bridgehead atoms. The second-order valence-corrected chi connectivity index (χ2v) is 3.84. The molecule has 92 valence electrons. The van der Waals surface area contributed by atoms with Crippen LogP contribution in [0.15, 0.2) is 18.2 Å². The lowest BCUT2D eigenvalue weighted by atomic mass is 10.1. The first kappa shape index (κ1) is 11.9. The molecule has 2 rings (SSSR count). The minimum Gasteiger partial charge on any atom is -0.478 e. The van der Waals surface area contributed by atoms with Crippen LogP contribution >= 0.6 is 0 Å². The molecular weight excluding hydrogens is 234 g/mol. The first-order valence-electron chi connectivity index (χ1n) is 5.42. The molecule has 1 aliphatic heterocycles. The second-order valence-electron chi connectivity index (χ2n) is 3.84. The Kier molecular flexibility index (Phi) is 3.15. The van der Waals surface area contributed by atoms with Gasteiger partial charge in [0.2, 0.25) is 5.91 Å². The Balaban J connectivity index is 2.36.